The summed E-state index contributed by atoms with van der Waals surface area (Å²) in [6, 6.07) is 15.6. The second-order valence-electron chi connectivity index (χ2n) is 10.3. The summed E-state index contributed by atoms with van der Waals surface area (Å²) in [5.74, 6) is 0.980. The lowest BCUT2D eigenvalue weighted by atomic mass is 10.1. The fourth-order valence-electron chi connectivity index (χ4n) is 5.47. The highest BCUT2D eigenvalue weighted by Gasteiger charge is 2.28. The zero-order valence-corrected chi connectivity index (χ0v) is 23.1. The van der Waals surface area contributed by atoms with Gasteiger partial charge in [-0.15, -0.1) is 0 Å². The van der Waals surface area contributed by atoms with E-state index in [9.17, 15) is 4.79 Å². The van der Waals surface area contributed by atoms with E-state index in [0.717, 1.165) is 90.8 Å². The van der Waals surface area contributed by atoms with Crippen LogP contribution in [0.25, 0.3) is 11.4 Å². The van der Waals surface area contributed by atoms with Crippen molar-refractivity contribution in [1.29, 1.82) is 0 Å². The Balaban J connectivity index is 1.29. The summed E-state index contributed by atoms with van der Waals surface area (Å²) >= 11 is 0. The van der Waals surface area contributed by atoms with Crippen molar-refractivity contribution in [3.8, 4) is 17.1 Å². The Bertz CT molecular complexity index is 1530. The number of amides is 1. The molecular weight excluding hydrogens is 504 g/mol. The number of ether oxygens (including phenoxy) is 1. The van der Waals surface area contributed by atoms with Crippen LogP contribution in [0.3, 0.4) is 0 Å². The Kier molecular flexibility index (Phi) is 7.08. The molecule has 10 nitrogen and oxygen atoms in total. The molecule has 2 N–H and O–H groups in total. The average molecular weight is 539 g/mol. The second-order valence-corrected chi connectivity index (χ2v) is 10.3. The highest BCUT2D eigenvalue weighted by molar-refractivity contribution is 6.05. The molecule has 3 heterocycles. The summed E-state index contributed by atoms with van der Waals surface area (Å²) < 4.78 is 7.51. The van der Waals surface area contributed by atoms with E-state index in [1.54, 1.807) is 11.8 Å². The van der Waals surface area contributed by atoms with Gasteiger partial charge in [0.1, 0.15) is 5.75 Å². The van der Waals surface area contributed by atoms with E-state index in [1.165, 1.54) is 0 Å². The zero-order chi connectivity index (χ0) is 27.6. The lowest BCUT2D eigenvalue weighted by molar-refractivity contribution is 0.102. The van der Waals surface area contributed by atoms with Crippen LogP contribution < -0.4 is 20.3 Å². The molecule has 2 aliphatic rings. The number of carbonyl (C=O) groups excluding carboxylic acids is 1. The minimum atomic E-state index is -0.218. The SMILES string of the molecule is COc1cc(N2CCN(C)CC2)ccc1Nc1ncc2c(n1)-c1c(c(C(=O)Nc3ccccc3)nn1C)CCC2. The Morgan fingerprint density at radius 1 is 1.00 bits per heavy atom. The number of rotatable bonds is 6. The fourth-order valence-corrected chi connectivity index (χ4v) is 5.47. The number of aryl methyl sites for hydroxylation is 2. The molecule has 0 atom stereocenters. The molecule has 1 aliphatic carbocycles. The number of anilines is 4. The molecule has 6 rings (SSSR count). The van der Waals surface area contributed by atoms with Gasteiger partial charge in [0, 0.05) is 62.4 Å². The first-order valence-corrected chi connectivity index (χ1v) is 13.7. The Hall–Kier alpha value is -4.44. The molecule has 0 unspecified atom stereocenters. The van der Waals surface area contributed by atoms with E-state index in [1.807, 2.05) is 49.6 Å². The van der Waals surface area contributed by atoms with Gasteiger partial charge >= 0.3 is 0 Å². The number of methoxy groups -OCH3 is 1. The number of likely N-dealkylation sites (N-methyl/N-ethyl adjacent to an activating group) is 1. The smallest absolute Gasteiger partial charge is 0.276 e. The van der Waals surface area contributed by atoms with Gasteiger partial charge in [0.2, 0.25) is 5.95 Å². The minimum absolute atomic E-state index is 0.218. The number of hydrogen-bond donors (Lipinski definition) is 2. The third-order valence-corrected chi connectivity index (χ3v) is 7.65. The van der Waals surface area contributed by atoms with E-state index < -0.39 is 0 Å². The maximum Gasteiger partial charge on any atom is 0.276 e. The molecular formula is C30H34N8O2. The van der Waals surface area contributed by atoms with Crippen molar-refractivity contribution < 1.29 is 9.53 Å². The average Bonchev–Trinajstić information content (AvgIpc) is 3.18. The highest BCUT2D eigenvalue weighted by Crippen LogP contribution is 2.35. The van der Waals surface area contributed by atoms with Crippen LogP contribution in [-0.4, -0.2) is 70.9 Å². The highest BCUT2D eigenvalue weighted by atomic mass is 16.5. The summed E-state index contributed by atoms with van der Waals surface area (Å²) in [6.45, 7) is 4.05. The van der Waals surface area contributed by atoms with Gasteiger partial charge < -0.3 is 25.2 Å². The molecule has 0 spiro atoms. The monoisotopic (exact) mass is 538 g/mol. The number of benzene rings is 2. The molecule has 1 aliphatic heterocycles. The van der Waals surface area contributed by atoms with Crippen LogP contribution in [0.2, 0.25) is 0 Å². The van der Waals surface area contributed by atoms with E-state index in [0.29, 0.717) is 11.6 Å². The van der Waals surface area contributed by atoms with Crippen molar-refractivity contribution in [2.45, 2.75) is 19.3 Å². The van der Waals surface area contributed by atoms with Gasteiger partial charge in [-0.2, -0.15) is 5.10 Å². The van der Waals surface area contributed by atoms with Gasteiger partial charge in [-0.3, -0.25) is 9.48 Å². The normalized spacial score (nSPS) is 15.1. The third kappa shape index (κ3) is 5.10. The maximum atomic E-state index is 13.2. The number of fused-ring (bicyclic) bond motifs is 3. The van der Waals surface area contributed by atoms with Crippen LogP contribution in [0.1, 0.15) is 28.0 Å². The molecule has 1 amide bonds. The number of carbonyl (C=O) groups is 1. The van der Waals surface area contributed by atoms with E-state index >= 15 is 0 Å². The summed E-state index contributed by atoms with van der Waals surface area (Å²) in [5, 5.41) is 11.0. The summed E-state index contributed by atoms with van der Waals surface area (Å²) in [5.41, 5.74) is 6.71. The summed E-state index contributed by atoms with van der Waals surface area (Å²) in [7, 11) is 5.69. The molecule has 4 aromatic rings. The van der Waals surface area contributed by atoms with Crippen LogP contribution in [-0.2, 0) is 19.9 Å². The summed E-state index contributed by atoms with van der Waals surface area (Å²) in [6.07, 6.45) is 4.32. The molecule has 40 heavy (non-hydrogen) atoms. The number of piperazine rings is 1. The van der Waals surface area contributed by atoms with Gasteiger partial charge in [-0.25, -0.2) is 9.97 Å². The van der Waals surface area contributed by atoms with Crippen LogP contribution >= 0.6 is 0 Å². The van der Waals surface area contributed by atoms with E-state index in [-0.39, 0.29) is 5.91 Å². The van der Waals surface area contributed by atoms with E-state index in [2.05, 4.69) is 49.7 Å². The first kappa shape index (κ1) is 25.8. The number of aromatic nitrogens is 4. The van der Waals surface area contributed by atoms with Gasteiger partial charge in [-0.05, 0) is 56.1 Å². The Labute approximate surface area is 234 Å². The van der Waals surface area contributed by atoms with Crippen LogP contribution in [0, 0.1) is 0 Å². The van der Waals surface area contributed by atoms with Crippen LogP contribution in [0.4, 0.5) is 23.0 Å². The lowest BCUT2D eigenvalue weighted by Crippen LogP contribution is -2.44. The first-order chi connectivity index (χ1) is 19.5. The van der Waals surface area contributed by atoms with Crippen molar-refractivity contribution >= 4 is 28.9 Å². The molecule has 1 fully saturated rings. The number of nitrogens with one attached hydrogen (secondary N) is 2. The lowest BCUT2D eigenvalue weighted by Gasteiger charge is -2.34. The third-order valence-electron chi connectivity index (χ3n) is 7.65. The number of hydrogen-bond acceptors (Lipinski definition) is 8. The van der Waals surface area contributed by atoms with E-state index in [4.69, 9.17) is 9.72 Å². The quantitative estimate of drug-likeness (QED) is 0.378. The molecule has 0 radical (unpaired) electrons. The molecule has 2 aromatic carbocycles. The van der Waals surface area contributed by atoms with Crippen LogP contribution in [0.15, 0.2) is 54.7 Å². The topological polar surface area (TPSA) is 100 Å². The summed E-state index contributed by atoms with van der Waals surface area (Å²) in [4.78, 5) is 27.5. The fraction of sp³-hybridized carbons (Fsp3) is 0.333. The predicted molar refractivity (Wildman–Crippen MR) is 157 cm³/mol. The molecule has 0 bridgehead atoms. The first-order valence-electron chi connectivity index (χ1n) is 13.7. The predicted octanol–water partition coefficient (Wildman–Crippen LogP) is 4.12. The molecule has 1 saturated heterocycles. The molecule has 206 valence electrons. The second kappa shape index (κ2) is 11.0. The van der Waals surface area contributed by atoms with Gasteiger partial charge in [0.15, 0.2) is 5.69 Å². The van der Waals surface area contributed by atoms with Crippen LogP contribution in [0.5, 0.6) is 5.75 Å². The van der Waals surface area contributed by atoms with Gasteiger partial charge in [-0.1, -0.05) is 18.2 Å². The van der Waals surface area contributed by atoms with Crippen molar-refractivity contribution in [3.63, 3.8) is 0 Å². The van der Waals surface area contributed by atoms with Crippen molar-refractivity contribution in [2.24, 2.45) is 7.05 Å². The Morgan fingerprint density at radius 3 is 2.58 bits per heavy atom. The van der Waals surface area contributed by atoms with Crippen molar-refractivity contribution in [2.75, 3.05) is 55.9 Å². The Morgan fingerprint density at radius 2 is 1.80 bits per heavy atom. The maximum absolute atomic E-state index is 13.2. The van der Waals surface area contributed by atoms with Gasteiger partial charge in [0.25, 0.3) is 5.91 Å². The van der Waals surface area contributed by atoms with Gasteiger partial charge in [0.05, 0.1) is 24.2 Å². The van der Waals surface area contributed by atoms with Crippen molar-refractivity contribution in [3.05, 3.63) is 71.5 Å². The number of para-hydroxylation sites is 1. The number of nitrogens with zero attached hydrogens (tertiary/aromatic N) is 6. The molecule has 10 heteroatoms. The molecule has 0 saturated carbocycles. The standard InChI is InChI=1S/C30H34N8O2/c1-36-14-16-38(17-15-36)22-12-13-24(25(18-22)40-3)33-30-31-19-20-8-7-11-23-27(35-37(2)28(23)26(20)34-30)29(39)32-21-9-5-4-6-10-21/h4-6,9-10,12-13,18-19H,7-8,11,14-17H2,1-3H3,(H,32,39)(H,31,33,34). The largest absolute Gasteiger partial charge is 0.494 e. The molecule has 2 aromatic heterocycles. The zero-order valence-electron chi connectivity index (χ0n) is 23.1. The van der Waals surface area contributed by atoms with Crippen molar-refractivity contribution in [1.82, 2.24) is 24.6 Å². The minimum Gasteiger partial charge on any atom is -0.494 e.